The van der Waals surface area contributed by atoms with Crippen molar-refractivity contribution >= 4 is 27.4 Å². The van der Waals surface area contributed by atoms with E-state index in [2.05, 4.69) is 4.98 Å². The zero-order valence-electron chi connectivity index (χ0n) is 14.7. The zero-order valence-corrected chi connectivity index (χ0v) is 15.5. The molecule has 0 aliphatic carbocycles. The number of fused-ring (bicyclic) bond motifs is 1. The van der Waals surface area contributed by atoms with E-state index in [1.165, 1.54) is 4.90 Å². The van der Waals surface area contributed by atoms with Gasteiger partial charge in [0.2, 0.25) is 0 Å². The second-order valence-electron chi connectivity index (χ2n) is 6.33. The van der Waals surface area contributed by atoms with Crippen LogP contribution in [0.2, 0.25) is 0 Å². The second-order valence-corrected chi connectivity index (χ2v) is 8.56. The predicted octanol–water partition coefficient (Wildman–Crippen LogP) is 0.835. The highest BCUT2D eigenvalue weighted by Crippen LogP contribution is 2.18. The van der Waals surface area contributed by atoms with Crippen LogP contribution in [0.25, 0.3) is 5.65 Å². The van der Waals surface area contributed by atoms with E-state index in [1.807, 2.05) is 19.1 Å². The minimum atomic E-state index is -3.09. The summed E-state index contributed by atoms with van der Waals surface area (Å²) >= 11 is 0. The molecule has 0 aromatic carbocycles. The number of aryl methyl sites for hydroxylation is 1. The highest BCUT2D eigenvalue weighted by molar-refractivity contribution is 7.91. The normalized spacial score (nSPS) is 18.8. The van der Waals surface area contributed by atoms with Gasteiger partial charge in [-0.3, -0.25) is 4.79 Å². The Hall–Kier alpha value is -2.42. The molecule has 1 fully saturated rings. The lowest BCUT2D eigenvalue weighted by molar-refractivity contribution is -0.136. The van der Waals surface area contributed by atoms with Crippen LogP contribution < -0.4 is 0 Å². The third-order valence-corrected chi connectivity index (χ3v) is 6.29. The number of rotatable bonds is 5. The number of carbonyl (C=O) groups excluding carboxylic acids is 2. The fourth-order valence-corrected chi connectivity index (χ4v) is 4.92. The van der Waals surface area contributed by atoms with Gasteiger partial charge in [-0.25, -0.2) is 18.2 Å². The minimum Gasteiger partial charge on any atom is -0.451 e. The van der Waals surface area contributed by atoms with Crippen molar-refractivity contribution in [2.45, 2.75) is 26.3 Å². The van der Waals surface area contributed by atoms with E-state index in [0.717, 1.165) is 5.69 Å². The highest BCUT2D eigenvalue weighted by Gasteiger charge is 2.34. The van der Waals surface area contributed by atoms with Crippen LogP contribution in [0.1, 0.15) is 29.5 Å². The molecular formula is C17H21N3O5S. The molecule has 1 amide bonds. The van der Waals surface area contributed by atoms with Crippen LogP contribution in [0.4, 0.5) is 0 Å². The van der Waals surface area contributed by atoms with E-state index in [9.17, 15) is 18.0 Å². The summed E-state index contributed by atoms with van der Waals surface area (Å²) in [5.74, 6) is -1.03. The van der Waals surface area contributed by atoms with Crippen molar-refractivity contribution in [1.29, 1.82) is 0 Å². The van der Waals surface area contributed by atoms with E-state index in [4.69, 9.17) is 4.74 Å². The molecule has 1 atom stereocenters. The van der Waals surface area contributed by atoms with Gasteiger partial charge in [-0.05, 0) is 32.4 Å². The largest absolute Gasteiger partial charge is 0.451 e. The van der Waals surface area contributed by atoms with Crippen molar-refractivity contribution in [3.8, 4) is 0 Å². The summed E-state index contributed by atoms with van der Waals surface area (Å²) in [6.07, 6.45) is 1.99. The molecule has 0 radical (unpaired) electrons. The summed E-state index contributed by atoms with van der Waals surface area (Å²) in [6.45, 7) is 3.60. The van der Waals surface area contributed by atoms with E-state index >= 15 is 0 Å². The standard InChI is InChI=1S/C17H21N3O5S/c1-3-19(13-7-8-26(23,24)11-13)16(21)10-25-17(22)14-9-20-12(2)5-4-6-15(20)18-14/h4-6,9,13H,3,7-8,10-11H2,1-2H3. The molecule has 1 saturated heterocycles. The maximum atomic E-state index is 12.4. The number of aromatic nitrogens is 2. The van der Waals surface area contributed by atoms with Gasteiger partial charge in [-0.15, -0.1) is 0 Å². The highest BCUT2D eigenvalue weighted by atomic mass is 32.2. The molecule has 0 bridgehead atoms. The first-order chi connectivity index (χ1) is 12.3. The first-order valence-corrected chi connectivity index (χ1v) is 10.2. The Kier molecular flexibility index (Phi) is 4.99. The lowest BCUT2D eigenvalue weighted by atomic mass is 10.2. The van der Waals surface area contributed by atoms with Crippen LogP contribution in [0.5, 0.6) is 0 Å². The zero-order chi connectivity index (χ0) is 18.9. The Bertz CT molecular complexity index is 950. The molecule has 2 aromatic heterocycles. The van der Waals surface area contributed by atoms with Crippen LogP contribution >= 0.6 is 0 Å². The van der Waals surface area contributed by atoms with E-state index in [1.54, 1.807) is 23.6 Å². The summed E-state index contributed by atoms with van der Waals surface area (Å²) in [5.41, 5.74) is 1.66. The molecule has 0 spiro atoms. The quantitative estimate of drug-likeness (QED) is 0.714. The number of pyridine rings is 1. The third-order valence-electron chi connectivity index (χ3n) is 4.54. The number of esters is 1. The molecule has 0 saturated carbocycles. The number of sulfone groups is 1. The number of nitrogens with zero attached hydrogens (tertiary/aromatic N) is 3. The molecule has 0 N–H and O–H groups in total. The van der Waals surface area contributed by atoms with Gasteiger partial charge in [-0.2, -0.15) is 0 Å². The summed E-state index contributed by atoms with van der Waals surface area (Å²) in [6, 6.07) is 5.15. The predicted molar refractivity (Wildman–Crippen MR) is 94.7 cm³/mol. The molecule has 1 unspecified atom stereocenters. The topological polar surface area (TPSA) is 98.0 Å². The summed E-state index contributed by atoms with van der Waals surface area (Å²) in [4.78, 5) is 30.2. The van der Waals surface area contributed by atoms with Crippen LogP contribution in [-0.2, 0) is 19.4 Å². The van der Waals surface area contributed by atoms with E-state index in [-0.39, 0.29) is 23.2 Å². The molecule has 3 rings (SSSR count). The van der Waals surface area contributed by atoms with Gasteiger partial charge >= 0.3 is 5.97 Å². The Balaban J connectivity index is 1.64. The fraction of sp³-hybridized carbons (Fsp3) is 0.471. The molecule has 3 heterocycles. The first-order valence-electron chi connectivity index (χ1n) is 8.42. The van der Waals surface area contributed by atoms with E-state index < -0.39 is 28.3 Å². The molecule has 1 aliphatic rings. The molecule has 140 valence electrons. The lowest BCUT2D eigenvalue weighted by Gasteiger charge is -2.26. The summed E-state index contributed by atoms with van der Waals surface area (Å²) in [5, 5.41) is 0. The second kappa shape index (κ2) is 7.06. The molecule has 2 aromatic rings. The van der Waals surface area contributed by atoms with Gasteiger partial charge in [0, 0.05) is 24.5 Å². The SMILES string of the molecule is CCN(C(=O)COC(=O)c1cn2c(C)cccc2n1)C1CCS(=O)(=O)C1. The summed E-state index contributed by atoms with van der Waals surface area (Å²) in [7, 11) is -3.09. The Morgan fingerprint density at radius 3 is 2.77 bits per heavy atom. The number of likely N-dealkylation sites (N-methyl/N-ethyl adjacent to an activating group) is 1. The Labute approximate surface area is 151 Å². The van der Waals surface area contributed by atoms with E-state index in [0.29, 0.717) is 18.6 Å². The van der Waals surface area contributed by atoms with Crippen molar-refractivity contribution in [2.75, 3.05) is 24.7 Å². The number of amides is 1. The van der Waals surface area contributed by atoms with Crippen LogP contribution in [0.15, 0.2) is 24.4 Å². The van der Waals surface area contributed by atoms with Crippen LogP contribution in [-0.4, -0.2) is 65.3 Å². The van der Waals surface area contributed by atoms with Gasteiger partial charge in [0.25, 0.3) is 5.91 Å². The van der Waals surface area contributed by atoms with Crippen LogP contribution in [0.3, 0.4) is 0 Å². The molecule has 1 aliphatic heterocycles. The van der Waals surface area contributed by atoms with Gasteiger partial charge < -0.3 is 14.0 Å². The van der Waals surface area contributed by atoms with Gasteiger partial charge in [0.05, 0.1) is 11.5 Å². The maximum absolute atomic E-state index is 12.4. The number of hydrogen-bond donors (Lipinski definition) is 0. The molecule has 9 heteroatoms. The van der Waals surface area contributed by atoms with Crippen molar-refractivity contribution in [3.05, 3.63) is 35.8 Å². The van der Waals surface area contributed by atoms with Crippen LogP contribution in [0, 0.1) is 6.92 Å². The maximum Gasteiger partial charge on any atom is 0.359 e. The van der Waals surface area contributed by atoms with Gasteiger partial charge in [0.1, 0.15) is 5.65 Å². The molecule has 26 heavy (non-hydrogen) atoms. The average Bonchev–Trinajstić information content (AvgIpc) is 3.18. The first kappa shape index (κ1) is 18.4. The number of carbonyl (C=O) groups is 2. The number of ether oxygens (including phenoxy) is 1. The van der Waals surface area contributed by atoms with Gasteiger partial charge in [0.15, 0.2) is 22.1 Å². The number of hydrogen-bond acceptors (Lipinski definition) is 6. The summed E-state index contributed by atoms with van der Waals surface area (Å²) < 4.78 is 30.1. The van der Waals surface area contributed by atoms with Crippen molar-refractivity contribution < 1.29 is 22.7 Å². The Morgan fingerprint density at radius 2 is 2.15 bits per heavy atom. The monoisotopic (exact) mass is 379 g/mol. The lowest BCUT2D eigenvalue weighted by Crippen LogP contribution is -2.43. The molecular weight excluding hydrogens is 358 g/mol. The number of imidazole rings is 1. The smallest absolute Gasteiger partial charge is 0.359 e. The minimum absolute atomic E-state index is 0.0355. The fourth-order valence-electron chi connectivity index (χ4n) is 3.19. The Morgan fingerprint density at radius 1 is 1.38 bits per heavy atom. The van der Waals surface area contributed by atoms with Crippen molar-refractivity contribution in [1.82, 2.24) is 14.3 Å². The third kappa shape index (κ3) is 3.72. The van der Waals surface area contributed by atoms with Crippen molar-refractivity contribution in [2.24, 2.45) is 0 Å². The van der Waals surface area contributed by atoms with Crippen molar-refractivity contribution in [3.63, 3.8) is 0 Å². The molecule has 8 nitrogen and oxygen atoms in total. The van der Waals surface area contributed by atoms with Gasteiger partial charge in [-0.1, -0.05) is 6.07 Å². The average molecular weight is 379 g/mol.